The first-order chi connectivity index (χ1) is 31.0. The summed E-state index contributed by atoms with van der Waals surface area (Å²) in [6.07, 6.45) is 0. The van der Waals surface area contributed by atoms with Gasteiger partial charge in [0.05, 0.1) is 0 Å². The van der Waals surface area contributed by atoms with Crippen molar-refractivity contribution in [1.29, 1.82) is 0 Å². The summed E-state index contributed by atoms with van der Waals surface area (Å²) >= 11 is 0. The summed E-state index contributed by atoms with van der Waals surface area (Å²) in [5.74, 6) is 0.588. The van der Waals surface area contributed by atoms with E-state index >= 15 is 9.46 Å². The Labute approximate surface area is 390 Å². The van der Waals surface area contributed by atoms with Crippen LogP contribution < -0.4 is 55.4 Å². The fourth-order valence-corrected chi connectivity index (χ4v) is 21.0. The fourth-order valence-electron chi connectivity index (χ4n) is 10.2. The fraction of sp³-hybridized carbons (Fsp3) is 0. The Morgan fingerprint density at radius 2 is 0.578 bits per heavy atom. The minimum Gasteiger partial charge on any atom is -0.736 e. The molecule has 0 amide bonds. The first kappa shape index (κ1) is 41.7. The van der Waals surface area contributed by atoms with Gasteiger partial charge in [0.25, 0.3) is 0 Å². The number of phosphoric ester groups is 1. The van der Waals surface area contributed by atoms with E-state index in [1.54, 1.807) is 0 Å². The molecule has 0 radical (unpaired) electrons. The molecule has 0 unspecified atom stereocenters. The summed E-state index contributed by atoms with van der Waals surface area (Å²) in [4.78, 5) is 15.3. The molecular weight excluding hydrogens is 932 g/mol. The Bertz CT molecular complexity index is 2910. The molecule has 11 rings (SSSR count). The molecule has 10 aromatic carbocycles. The van der Waals surface area contributed by atoms with Gasteiger partial charge in [-0.05, 0) is 63.0 Å². The smallest absolute Gasteiger partial charge is 0.736 e. The molecule has 64 heavy (non-hydrogen) atoms. The van der Waals surface area contributed by atoms with Gasteiger partial charge >= 0.3 is 30.2 Å². The molecule has 0 saturated heterocycles. The van der Waals surface area contributed by atoms with Gasteiger partial charge in [-0.2, -0.15) is 0 Å². The normalized spacial score (nSPS) is 13.1. The molecular formula is C56H40AgO4PSi2. The number of phosphoric acid groups is 1. The first-order valence-corrected chi connectivity index (χ1v) is 26.6. The molecule has 0 aliphatic carbocycles. The molecule has 4 nitrogen and oxygen atoms in total. The maximum absolute atomic E-state index is 15.3. The Hall–Kier alpha value is -6.32. The SMILES string of the molecule is O=P1([O-])Oc2c([Si](c3ccccc3)(c3ccccc3)c3ccccc3)cc3ccccc3c2-c2c(c([Si](c3ccccc3)(c3ccccc3)c3ccccc3)cc3ccccc23)O1.[Ag+]. The molecule has 312 valence electrons. The van der Waals surface area contributed by atoms with Gasteiger partial charge in [0, 0.05) is 11.1 Å². The summed E-state index contributed by atoms with van der Waals surface area (Å²) in [5, 5.41) is 11.9. The van der Waals surface area contributed by atoms with Crippen molar-refractivity contribution in [1.82, 2.24) is 0 Å². The van der Waals surface area contributed by atoms with Crippen molar-refractivity contribution in [3.63, 3.8) is 0 Å². The van der Waals surface area contributed by atoms with Gasteiger partial charge in [-0.25, -0.2) is 4.57 Å². The van der Waals surface area contributed by atoms with Crippen LogP contribution in [-0.2, 0) is 26.9 Å². The van der Waals surface area contributed by atoms with E-state index in [4.69, 9.17) is 9.05 Å². The Morgan fingerprint density at radius 3 is 0.844 bits per heavy atom. The number of fused-ring (bicyclic) bond motifs is 7. The van der Waals surface area contributed by atoms with Crippen LogP contribution in [0.25, 0.3) is 32.7 Å². The largest absolute Gasteiger partial charge is 1.00 e. The number of benzene rings is 10. The van der Waals surface area contributed by atoms with Crippen LogP contribution in [0.2, 0.25) is 0 Å². The van der Waals surface area contributed by atoms with E-state index in [0.717, 1.165) is 63.0 Å². The minimum absolute atomic E-state index is 0. The zero-order chi connectivity index (χ0) is 42.4. The molecule has 8 heteroatoms. The van der Waals surface area contributed by atoms with E-state index in [1.165, 1.54) is 0 Å². The average Bonchev–Trinajstić information content (AvgIpc) is 3.47. The van der Waals surface area contributed by atoms with E-state index in [0.29, 0.717) is 22.6 Å². The van der Waals surface area contributed by atoms with Crippen molar-refractivity contribution in [3.05, 3.63) is 243 Å². The zero-order valence-corrected chi connectivity index (χ0v) is 38.9. The summed E-state index contributed by atoms with van der Waals surface area (Å²) in [5.41, 5.74) is 1.39. The zero-order valence-electron chi connectivity index (χ0n) is 34.5. The van der Waals surface area contributed by atoms with Crippen molar-refractivity contribution < 1.29 is 40.9 Å². The van der Waals surface area contributed by atoms with Crippen LogP contribution in [0.4, 0.5) is 0 Å². The second-order valence-corrected chi connectivity index (χ2v) is 24.8. The Kier molecular flexibility index (Phi) is 11.1. The maximum atomic E-state index is 15.3. The molecule has 10 aromatic rings. The van der Waals surface area contributed by atoms with Crippen molar-refractivity contribution in [2.75, 3.05) is 0 Å². The second kappa shape index (κ2) is 17.0. The molecule has 1 heterocycles. The molecule has 1 aliphatic heterocycles. The third-order valence-electron chi connectivity index (χ3n) is 12.7. The van der Waals surface area contributed by atoms with E-state index in [9.17, 15) is 0 Å². The van der Waals surface area contributed by atoms with Crippen molar-refractivity contribution in [2.24, 2.45) is 0 Å². The molecule has 0 atom stereocenters. The van der Waals surface area contributed by atoms with Gasteiger partial charge in [0.2, 0.25) is 0 Å². The molecule has 0 bridgehead atoms. The van der Waals surface area contributed by atoms with Crippen LogP contribution in [0.15, 0.2) is 243 Å². The van der Waals surface area contributed by atoms with E-state index in [-0.39, 0.29) is 22.4 Å². The van der Waals surface area contributed by atoms with E-state index in [2.05, 4.69) is 194 Å². The third kappa shape index (κ3) is 6.70. The quantitative estimate of drug-likeness (QED) is 0.0893. The predicted molar refractivity (Wildman–Crippen MR) is 263 cm³/mol. The molecule has 0 spiro atoms. The van der Waals surface area contributed by atoms with Gasteiger partial charge in [-0.1, -0.05) is 243 Å². The standard InChI is InChI=1S/C56H41O4PSi2.Ag/c57-61(58)59-55-51(62(43-25-7-1-8-26-43,44-27-9-2-10-28-44)45-29-11-3-12-30-45)39-41-23-19-21-37-49(41)53(55)54-50-38-22-20-24-42(50)40-52(56(54)60-61)63(46-31-13-4-14-32-46,47-33-15-5-16-34-47)48-35-17-6-18-36-48;/h1-40H,(H,57,58);/q;+1/p-1. The molecule has 0 fully saturated rings. The van der Waals surface area contributed by atoms with Crippen LogP contribution in [0.3, 0.4) is 0 Å². The van der Waals surface area contributed by atoms with E-state index < -0.39 is 24.0 Å². The Balaban J connectivity index is 0.00000484. The van der Waals surface area contributed by atoms with Crippen LogP contribution in [0, 0.1) is 0 Å². The maximum Gasteiger partial charge on any atom is 1.00 e. The molecule has 0 N–H and O–H groups in total. The van der Waals surface area contributed by atoms with E-state index in [1.807, 2.05) is 48.5 Å². The molecule has 0 aromatic heterocycles. The van der Waals surface area contributed by atoms with Gasteiger partial charge in [-0.3, -0.25) is 0 Å². The van der Waals surface area contributed by atoms with Crippen molar-refractivity contribution in [2.45, 2.75) is 0 Å². The van der Waals surface area contributed by atoms with Crippen LogP contribution in [0.5, 0.6) is 11.5 Å². The number of hydrogen-bond acceptors (Lipinski definition) is 4. The second-order valence-electron chi connectivity index (χ2n) is 16.0. The summed E-state index contributed by atoms with van der Waals surface area (Å²) in [6.45, 7) is 0. The van der Waals surface area contributed by atoms with Crippen LogP contribution in [-0.4, -0.2) is 16.1 Å². The summed E-state index contributed by atoms with van der Waals surface area (Å²) in [7, 11) is -12.0. The topological polar surface area (TPSA) is 58.6 Å². The predicted octanol–water partition coefficient (Wildman–Crippen LogP) is 7.65. The van der Waals surface area contributed by atoms with Crippen LogP contribution in [0.1, 0.15) is 0 Å². The van der Waals surface area contributed by atoms with Crippen molar-refractivity contribution in [3.8, 4) is 22.6 Å². The van der Waals surface area contributed by atoms with Crippen LogP contribution >= 0.6 is 7.82 Å². The summed E-state index contributed by atoms with van der Waals surface area (Å²) < 4.78 is 28.7. The monoisotopic (exact) mass is 970 g/mol. The van der Waals surface area contributed by atoms with Gasteiger partial charge in [0.15, 0.2) is 16.1 Å². The number of rotatable bonds is 8. The van der Waals surface area contributed by atoms with Gasteiger partial charge in [0.1, 0.15) is 11.5 Å². The molecule has 1 aliphatic rings. The summed E-state index contributed by atoms with van der Waals surface area (Å²) in [6, 6.07) is 84.1. The van der Waals surface area contributed by atoms with Gasteiger partial charge < -0.3 is 13.9 Å². The minimum atomic E-state index is -5.20. The first-order valence-electron chi connectivity index (χ1n) is 21.2. The average molecular weight is 972 g/mol. The van der Waals surface area contributed by atoms with Gasteiger partial charge in [-0.15, -0.1) is 0 Å². The molecule has 0 saturated carbocycles. The van der Waals surface area contributed by atoms with Crippen molar-refractivity contribution >= 4 is 87.0 Å². The third-order valence-corrected chi connectivity index (χ3v) is 23.1. The number of hydrogen-bond donors (Lipinski definition) is 0. The Morgan fingerprint density at radius 1 is 0.344 bits per heavy atom.